The summed E-state index contributed by atoms with van der Waals surface area (Å²) in [4.78, 5) is 1.38. The van der Waals surface area contributed by atoms with Crippen molar-refractivity contribution in [3.8, 4) is 0 Å². The molecule has 1 aromatic rings. The first-order valence-corrected chi connectivity index (χ1v) is 7.11. The summed E-state index contributed by atoms with van der Waals surface area (Å²) in [5, 5.41) is 0. The average Bonchev–Trinajstić information content (AvgIpc) is 2.19. The number of rotatable bonds is 5. The third-order valence-corrected chi connectivity index (χ3v) is 3.54. The molecule has 0 saturated heterocycles. The molecular formula is C15H24S. The maximum Gasteiger partial charge on any atom is 0.0122 e. The average molecular weight is 236 g/mol. The van der Waals surface area contributed by atoms with Crippen molar-refractivity contribution >= 4 is 11.8 Å². The summed E-state index contributed by atoms with van der Waals surface area (Å²) in [5.41, 5.74) is 1.48. The van der Waals surface area contributed by atoms with Crippen molar-refractivity contribution < 1.29 is 0 Å². The van der Waals surface area contributed by atoms with Crippen LogP contribution in [-0.4, -0.2) is 4.75 Å². The van der Waals surface area contributed by atoms with E-state index >= 15 is 0 Å². The van der Waals surface area contributed by atoms with Crippen LogP contribution in [0.3, 0.4) is 0 Å². The summed E-state index contributed by atoms with van der Waals surface area (Å²) in [6.45, 7) is 9.02. The molecule has 0 heterocycles. The highest BCUT2D eigenvalue weighted by atomic mass is 32.2. The number of unbranched alkanes of at least 4 members (excludes halogenated alkanes) is 2. The maximum absolute atomic E-state index is 2.28. The van der Waals surface area contributed by atoms with Gasteiger partial charge in [-0.05, 0) is 30.5 Å². The van der Waals surface area contributed by atoms with Gasteiger partial charge < -0.3 is 0 Å². The Morgan fingerprint density at radius 3 is 2.12 bits per heavy atom. The van der Waals surface area contributed by atoms with E-state index < -0.39 is 0 Å². The fourth-order valence-electron chi connectivity index (χ4n) is 1.66. The van der Waals surface area contributed by atoms with Crippen LogP contribution in [0.15, 0.2) is 29.2 Å². The summed E-state index contributed by atoms with van der Waals surface area (Å²) in [6.07, 6.45) is 5.20. The third kappa shape index (κ3) is 5.60. The molecule has 0 N–H and O–H groups in total. The quantitative estimate of drug-likeness (QED) is 0.493. The van der Waals surface area contributed by atoms with Gasteiger partial charge in [0.15, 0.2) is 0 Å². The predicted molar refractivity (Wildman–Crippen MR) is 75.3 cm³/mol. The third-order valence-electron chi connectivity index (χ3n) is 2.42. The molecule has 0 bridgehead atoms. The van der Waals surface area contributed by atoms with Gasteiger partial charge in [-0.3, -0.25) is 0 Å². The molecule has 0 nitrogen and oxygen atoms in total. The van der Waals surface area contributed by atoms with Gasteiger partial charge in [0.05, 0.1) is 0 Å². The molecule has 0 atom stereocenters. The Balaban J connectivity index is 2.48. The van der Waals surface area contributed by atoms with E-state index in [1.807, 2.05) is 11.8 Å². The van der Waals surface area contributed by atoms with Crippen molar-refractivity contribution in [1.29, 1.82) is 0 Å². The lowest BCUT2D eigenvalue weighted by Gasteiger charge is -2.17. The molecule has 0 amide bonds. The Bertz CT molecular complexity index is 292. The van der Waals surface area contributed by atoms with Crippen LogP contribution in [0.1, 0.15) is 52.5 Å². The van der Waals surface area contributed by atoms with Crippen LogP contribution < -0.4 is 0 Å². The molecule has 1 heteroatoms. The molecule has 0 aliphatic rings. The Morgan fingerprint density at radius 1 is 1.00 bits per heavy atom. The van der Waals surface area contributed by atoms with E-state index in [4.69, 9.17) is 0 Å². The van der Waals surface area contributed by atoms with Crippen LogP contribution in [0.5, 0.6) is 0 Å². The maximum atomic E-state index is 2.28. The topological polar surface area (TPSA) is 0 Å². The van der Waals surface area contributed by atoms with E-state index in [0.717, 1.165) is 0 Å². The van der Waals surface area contributed by atoms with E-state index in [1.54, 1.807) is 0 Å². The monoisotopic (exact) mass is 236 g/mol. The van der Waals surface area contributed by atoms with Gasteiger partial charge in [-0.25, -0.2) is 0 Å². The minimum Gasteiger partial charge on any atom is -0.120 e. The van der Waals surface area contributed by atoms with Gasteiger partial charge in [0.1, 0.15) is 0 Å². The van der Waals surface area contributed by atoms with Crippen LogP contribution >= 0.6 is 11.8 Å². The molecule has 1 aromatic carbocycles. The second-order valence-electron chi connectivity index (χ2n) is 5.32. The fourth-order valence-corrected chi connectivity index (χ4v) is 2.64. The van der Waals surface area contributed by atoms with Crippen LogP contribution in [0, 0.1) is 0 Å². The Hall–Kier alpha value is -0.430. The highest BCUT2D eigenvalue weighted by Crippen LogP contribution is 2.31. The Labute approximate surface area is 105 Å². The van der Waals surface area contributed by atoms with Crippen LogP contribution in [-0.2, 0) is 6.42 Å². The van der Waals surface area contributed by atoms with E-state index in [-0.39, 0.29) is 0 Å². The van der Waals surface area contributed by atoms with Gasteiger partial charge in [0.25, 0.3) is 0 Å². The number of benzene rings is 1. The Kier molecular flexibility index (Phi) is 5.40. The molecule has 90 valence electrons. The minimum absolute atomic E-state index is 0.309. The molecule has 0 unspecified atom stereocenters. The molecule has 16 heavy (non-hydrogen) atoms. The fraction of sp³-hybridized carbons (Fsp3) is 0.600. The van der Waals surface area contributed by atoms with Crippen molar-refractivity contribution in [2.75, 3.05) is 0 Å². The lowest BCUT2D eigenvalue weighted by Crippen LogP contribution is -2.06. The first-order chi connectivity index (χ1) is 7.51. The second kappa shape index (κ2) is 6.34. The zero-order valence-electron chi connectivity index (χ0n) is 11.0. The van der Waals surface area contributed by atoms with Gasteiger partial charge in [-0.1, -0.05) is 52.7 Å². The zero-order valence-corrected chi connectivity index (χ0v) is 11.9. The highest BCUT2D eigenvalue weighted by molar-refractivity contribution is 8.00. The smallest absolute Gasteiger partial charge is 0.0122 e. The van der Waals surface area contributed by atoms with Crippen LogP contribution in [0.2, 0.25) is 0 Å². The molecule has 0 aliphatic heterocycles. The number of hydrogen-bond acceptors (Lipinski definition) is 1. The van der Waals surface area contributed by atoms with Crippen LogP contribution in [0.25, 0.3) is 0 Å². The molecule has 0 spiro atoms. The highest BCUT2D eigenvalue weighted by Gasteiger charge is 2.11. The van der Waals surface area contributed by atoms with Gasteiger partial charge in [0.2, 0.25) is 0 Å². The number of aryl methyl sites for hydroxylation is 1. The number of hydrogen-bond donors (Lipinski definition) is 0. The summed E-state index contributed by atoms with van der Waals surface area (Å²) < 4.78 is 0.309. The van der Waals surface area contributed by atoms with E-state index in [1.165, 1.54) is 36.1 Å². The largest absolute Gasteiger partial charge is 0.120 e. The lowest BCUT2D eigenvalue weighted by molar-refractivity contribution is 0.717. The molecule has 1 rings (SSSR count). The molecule has 0 aliphatic carbocycles. The second-order valence-corrected chi connectivity index (χ2v) is 7.22. The molecule has 0 aromatic heterocycles. The summed E-state index contributed by atoms with van der Waals surface area (Å²) in [5.74, 6) is 0. The molecule has 0 fully saturated rings. The van der Waals surface area contributed by atoms with Gasteiger partial charge in [0, 0.05) is 9.64 Å². The number of thioether (sulfide) groups is 1. The van der Waals surface area contributed by atoms with E-state index in [0.29, 0.717) is 4.75 Å². The summed E-state index contributed by atoms with van der Waals surface area (Å²) in [6, 6.07) is 9.09. The minimum atomic E-state index is 0.309. The van der Waals surface area contributed by atoms with Crippen molar-refractivity contribution in [2.24, 2.45) is 0 Å². The van der Waals surface area contributed by atoms with E-state index in [2.05, 4.69) is 52.0 Å². The van der Waals surface area contributed by atoms with Crippen molar-refractivity contribution in [2.45, 2.75) is 63.0 Å². The van der Waals surface area contributed by atoms with Gasteiger partial charge in [-0.15, -0.1) is 11.8 Å². The first-order valence-electron chi connectivity index (χ1n) is 6.29. The van der Waals surface area contributed by atoms with Crippen molar-refractivity contribution in [3.05, 3.63) is 29.8 Å². The van der Waals surface area contributed by atoms with Crippen molar-refractivity contribution in [1.82, 2.24) is 0 Å². The first kappa shape index (κ1) is 13.6. The molecular weight excluding hydrogens is 212 g/mol. The molecule has 0 saturated carbocycles. The van der Waals surface area contributed by atoms with Gasteiger partial charge >= 0.3 is 0 Å². The molecule has 0 radical (unpaired) electrons. The van der Waals surface area contributed by atoms with Gasteiger partial charge in [-0.2, -0.15) is 0 Å². The summed E-state index contributed by atoms with van der Waals surface area (Å²) in [7, 11) is 0. The standard InChI is InChI=1S/C15H24S/c1-5-6-7-8-13-9-11-14(12-10-13)16-15(2,3)4/h9-12H,5-8H2,1-4H3. The van der Waals surface area contributed by atoms with Crippen molar-refractivity contribution in [3.63, 3.8) is 0 Å². The normalized spacial score (nSPS) is 11.8. The zero-order chi connectivity index (χ0) is 12.0. The van der Waals surface area contributed by atoms with Crippen LogP contribution in [0.4, 0.5) is 0 Å². The Morgan fingerprint density at radius 2 is 1.62 bits per heavy atom. The summed E-state index contributed by atoms with van der Waals surface area (Å²) >= 11 is 1.94. The lowest BCUT2D eigenvalue weighted by atomic mass is 10.1. The SMILES string of the molecule is CCCCCc1ccc(SC(C)(C)C)cc1. The predicted octanol–water partition coefficient (Wildman–Crippen LogP) is 5.31. The van der Waals surface area contributed by atoms with E-state index in [9.17, 15) is 0 Å².